The van der Waals surface area contributed by atoms with Crippen LogP contribution in [-0.2, 0) is 10.2 Å². The average Bonchev–Trinajstić information content (AvgIpc) is 3.09. The molecule has 5 fully saturated rings. The van der Waals surface area contributed by atoms with Crippen molar-refractivity contribution in [1.29, 1.82) is 0 Å². The summed E-state index contributed by atoms with van der Waals surface area (Å²) < 4.78 is 0. The second-order valence-electron chi connectivity index (χ2n) is 10.4. The summed E-state index contributed by atoms with van der Waals surface area (Å²) in [5, 5.41) is 3.30. The highest BCUT2D eigenvalue weighted by molar-refractivity contribution is 5.84. The van der Waals surface area contributed by atoms with Gasteiger partial charge in [0.2, 0.25) is 5.91 Å². The van der Waals surface area contributed by atoms with Crippen LogP contribution in [0.2, 0.25) is 0 Å². The van der Waals surface area contributed by atoms with Crippen molar-refractivity contribution in [2.45, 2.75) is 57.3 Å². The maximum atomic E-state index is 13.8. The van der Waals surface area contributed by atoms with Crippen molar-refractivity contribution in [3.8, 4) is 0 Å². The van der Waals surface area contributed by atoms with Gasteiger partial charge in [-0.05, 0) is 94.2 Å². The van der Waals surface area contributed by atoms with E-state index in [4.69, 9.17) is 0 Å². The molecule has 5 aliphatic rings. The minimum absolute atomic E-state index is 0.0660. The van der Waals surface area contributed by atoms with Crippen LogP contribution in [0.5, 0.6) is 0 Å². The lowest BCUT2D eigenvalue weighted by Gasteiger charge is -2.62. The third kappa shape index (κ3) is 2.85. The number of rotatable bonds is 4. The summed E-state index contributed by atoms with van der Waals surface area (Å²) in [5.74, 6) is 2.66. The largest absolute Gasteiger partial charge is 0.342 e. The standard InChI is InChI=1S/C24H34N2O/c1-17-3-5-21(6-4-17)23-10-19-9-20(11-23)13-24(12-19,16-23)22(27)26-8-7-18(15-26)14-25-2/h3-6,18-20,25H,7-16H2,1-2H3. The number of nitrogens with one attached hydrogen (secondary N) is 1. The Morgan fingerprint density at radius 1 is 1.15 bits per heavy atom. The van der Waals surface area contributed by atoms with Crippen LogP contribution in [0, 0.1) is 30.1 Å². The Hall–Kier alpha value is -1.35. The SMILES string of the molecule is CNCC1CCN(C(=O)C23CC4CC(C2)CC(c2ccc(C)cc2)(C4)C3)C1. The molecule has 1 heterocycles. The highest BCUT2D eigenvalue weighted by atomic mass is 16.2. The Labute approximate surface area is 163 Å². The number of hydrogen-bond acceptors (Lipinski definition) is 2. The summed E-state index contributed by atoms with van der Waals surface area (Å²) in [6.45, 7) is 5.15. The van der Waals surface area contributed by atoms with Crippen LogP contribution in [0.15, 0.2) is 24.3 Å². The van der Waals surface area contributed by atoms with Crippen LogP contribution in [0.25, 0.3) is 0 Å². The molecule has 3 heteroatoms. The Balaban J connectivity index is 1.43. The number of carbonyl (C=O) groups is 1. The number of hydrogen-bond donors (Lipinski definition) is 1. The van der Waals surface area contributed by atoms with E-state index in [1.54, 1.807) is 0 Å². The molecule has 4 saturated carbocycles. The van der Waals surface area contributed by atoms with Crippen molar-refractivity contribution in [1.82, 2.24) is 10.2 Å². The first-order chi connectivity index (χ1) is 13.0. The van der Waals surface area contributed by atoms with Crippen LogP contribution in [0.4, 0.5) is 0 Å². The summed E-state index contributed by atoms with van der Waals surface area (Å²) in [6.07, 6.45) is 8.56. The van der Waals surface area contributed by atoms with Gasteiger partial charge in [-0.15, -0.1) is 0 Å². The third-order valence-electron chi connectivity index (χ3n) is 8.24. The smallest absolute Gasteiger partial charge is 0.228 e. The van der Waals surface area contributed by atoms with Crippen LogP contribution >= 0.6 is 0 Å². The fraction of sp³-hybridized carbons (Fsp3) is 0.708. The third-order valence-corrected chi connectivity index (χ3v) is 8.24. The van der Waals surface area contributed by atoms with Gasteiger partial charge in [-0.2, -0.15) is 0 Å². The molecular formula is C24H34N2O. The van der Waals surface area contributed by atoms with E-state index < -0.39 is 0 Å². The highest BCUT2D eigenvalue weighted by Crippen LogP contribution is 2.66. The lowest BCUT2D eigenvalue weighted by Crippen LogP contribution is -2.59. The van der Waals surface area contributed by atoms with Gasteiger partial charge >= 0.3 is 0 Å². The van der Waals surface area contributed by atoms with Gasteiger partial charge in [-0.3, -0.25) is 4.79 Å². The molecular weight excluding hydrogens is 332 g/mol. The zero-order valence-corrected chi connectivity index (χ0v) is 17.0. The molecule has 1 amide bonds. The predicted octanol–water partition coefficient (Wildman–Crippen LogP) is 3.90. The molecule has 1 saturated heterocycles. The number of carbonyl (C=O) groups excluding carboxylic acids is 1. The van der Waals surface area contributed by atoms with Gasteiger partial charge in [0, 0.05) is 13.1 Å². The van der Waals surface area contributed by atoms with Crippen molar-refractivity contribution >= 4 is 5.91 Å². The van der Waals surface area contributed by atoms with Crippen molar-refractivity contribution in [3.63, 3.8) is 0 Å². The lowest BCUT2D eigenvalue weighted by molar-refractivity contribution is -0.159. The first kappa shape index (κ1) is 17.7. The van der Waals surface area contributed by atoms with E-state index in [1.807, 2.05) is 7.05 Å². The van der Waals surface area contributed by atoms with Crippen LogP contribution in [0.1, 0.15) is 56.1 Å². The minimum atomic E-state index is -0.0660. The first-order valence-corrected chi connectivity index (χ1v) is 11.0. The Kier molecular flexibility index (Phi) is 4.16. The summed E-state index contributed by atoms with van der Waals surface area (Å²) in [4.78, 5) is 16.0. The fourth-order valence-corrected chi connectivity index (χ4v) is 7.57. The zero-order valence-electron chi connectivity index (χ0n) is 17.0. The van der Waals surface area contributed by atoms with Gasteiger partial charge in [0.05, 0.1) is 5.41 Å². The molecule has 1 aliphatic heterocycles. The van der Waals surface area contributed by atoms with Gasteiger partial charge in [0.1, 0.15) is 0 Å². The monoisotopic (exact) mass is 366 g/mol. The summed E-state index contributed by atoms with van der Waals surface area (Å²) in [7, 11) is 2.02. The van der Waals surface area contributed by atoms with Gasteiger partial charge in [0.25, 0.3) is 0 Å². The zero-order chi connectivity index (χ0) is 18.6. The maximum absolute atomic E-state index is 13.8. The molecule has 4 bridgehead atoms. The average molecular weight is 367 g/mol. The van der Waals surface area contributed by atoms with E-state index in [0.29, 0.717) is 11.8 Å². The van der Waals surface area contributed by atoms with Crippen LogP contribution in [-0.4, -0.2) is 37.5 Å². The van der Waals surface area contributed by atoms with Gasteiger partial charge < -0.3 is 10.2 Å². The van der Waals surface area contributed by atoms with E-state index in [0.717, 1.165) is 50.7 Å². The highest BCUT2D eigenvalue weighted by Gasteiger charge is 2.61. The Morgan fingerprint density at radius 2 is 1.85 bits per heavy atom. The molecule has 146 valence electrons. The van der Waals surface area contributed by atoms with Crippen LogP contribution < -0.4 is 5.32 Å². The van der Waals surface area contributed by atoms with Gasteiger partial charge in [0.15, 0.2) is 0 Å². The molecule has 27 heavy (non-hydrogen) atoms. The summed E-state index contributed by atoms with van der Waals surface area (Å²) >= 11 is 0. The topological polar surface area (TPSA) is 32.3 Å². The molecule has 3 atom stereocenters. The second-order valence-corrected chi connectivity index (χ2v) is 10.4. The summed E-state index contributed by atoms with van der Waals surface area (Å²) in [6, 6.07) is 9.26. The van der Waals surface area contributed by atoms with E-state index in [9.17, 15) is 4.79 Å². The molecule has 1 aromatic carbocycles. The van der Waals surface area contributed by atoms with Crippen molar-refractivity contribution < 1.29 is 4.79 Å². The van der Waals surface area contributed by atoms with Crippen molar-refractivity contribution in [3.05, 3.63) is 35.4 Å². The number of benzene rings is 1. The van der Waals surface area contributed by atoms with Gasteiger partial charge in [-0.25, -0.2) is 0 Å². The lowest BCUT2D eigenvalue weighted by atomic mass is 9.42. The fourth-order valence-electron chi connectivity index (χ4n) is 7.57. The Bertz CT molecular complexity index is 710. The van der Waals surface area contributed by atoms with Crippen molar-refractivity contribution in [2.75, 3.05) is 26.7 Å². The maximum Gasteiger partial charge on any atom is 0.228 e. The van der Waals surface area contributed by atoms with E-state index >= 15 is 0 Å². The minimum Gasteiger partial charge on any atom is -0.342 e. The molecule has 3 unspecified atom stereocenters. The quantitative estimate of drug-likeness (QED) is 0.876. The Morgan fingerprint density at radius 3 is 2.52 bits per heavy atom. The second kappa shape index (κ2) is 6.34. The van der Waals surface area contributed by atoms with E-state index in [-0.39, 0.29) is 10.8 Å². The molecule has 0 aromatic heterocycles. The predicted molar refractivity (Wildman–Crippen MR) is 109 cm³/mol. The number of likely N-dealkylation sites (tertiary alicyclic amines) is 1. The normalized spacial score (nSPS) is 39.9. The number of amides is 1. The van der Waals surface area contributed by atoms with Crippen LogP contribution in [0.3, 0.4) is 0 Å². The first-order valence-electron chi connectivity index (χ1n) is 11.0. The molecule has 3 nitrogen and oxygen atoms in total. The molecule has 0 radical (unpaired) electrons. The van der Waals surface area contributed by atoms with E-state index in [1.165, 1.54) is 36.8 Å². The molecule has 1 N–H and O–H groups in total. The number of aryl methyl sites for hydroxylation is 1. The van der Waals surface area contributed by atoms with Crippen molar-refractivity contribution in [2.24, 2.45) is 23.2 Å². The molecule has 4 aliphatic carbocycles. The van der Waals surface area contributed by atoms with Gasteiger partial charge in [-0.1, -0.05) is 29.8 Å². The number of nitrogens with zero attached hydrogens (tertiary/aromatic N) is 1. The summed E-state index contributed by atoms with van der Waals surface area (Å²) in [5.41, 5.74) is 3.04. The van der Waals surface area contributed by atoms with E-state index in [2.05, 4.69) is 41.4 Å². The molecule has 6 rings (SSSR count). The molecule has 0 spiro atoms. The molecule has 1 aromatic rings.